The van der Waals surface area contributed by atoms with Crippen LogP contribution in [0, 0.1) is 11.8 Å². The van der Waals surface area contributed by atoms with Gasteiger partial charge in [0.15, 0.2) is 0 Å². The van der Waals surface area contributed by atoms with Crippen LogP contribution in [0.3, 0.4) is 0 Å². The van der Waals surface area contributed by atoms with Gasteiger partial charge in [0.25, 0.3) is 0 Å². The monoisotopic (exact) mass is 323 g/mol. The molecule has 0 unspecified atom stereocenters. The van der Waals surface area contributed by atoms with Gasteiger partial charge in [-0.2, -0.15) is 0 Å². The maximum atomic E-state index is 8.92. The van der Waals surface area contributed by atoms with Crippen molar-refractivity contribution in [1.29, 1.82) is 0 Å². The van der Waals surface area contributed by atoms with Crippen LogP contribution in [-0.4, -0.2) is 22.5 Å². The van der Waals surface area contributed by atoms with Crippen LogP contribution in [0.25, 0.3) is 0 Å². The molecule has 1 aromatic carbocycles. The van der Waals surface area contributed by atoms with E-state index in [-0.39, 0.29) is 12.0 Å². The third kappa shape index (κ3) is 3.77. The van der Waals surface area contributed by atoms with E-state index in [1.807, 2.05) is 23.9 Å². The molecule has 3 heteroatoms. The van der Waals surface area contributed by atoms with Crippen molar-refractivity contribution in [1.82, 2.24) is 4.98 Å². The summed E-state index contributed by atoms with van der Waals surface area (Å²) in [5, 5.41) is 8.92. The summed E-state index contributed by atoms with van der Waals surface area (Å²) in [6.45, 7) is 4.77. The van der Waals surface area contributed by atoms with Crippen molar-refractivity contribution < 1.29 is 5.11 Å². The van der Waals surface area contributed by atoms with Crippen LogP contribution in [0.15, 0.2) is 41.4 Å². The van der Waals surface area contributed by atoms with Gasteiger partial charge in [0.05, 0.1) is 0 Å². The highest BCUT2D eigenvalue weighted by Gasteiger charge is 2.27. The lowest BCUT2D eigenvalue weighted by Gasteiger charge is -2.32. The third-order valence-electron chi connectivity index (χ3n) is 4.25. The topological polar surface area (TPSA) is 33.1 Å². The molecule has 0 aliphatic carbocycles. The Morgan fingerprint density at radius 2 is 2.09 bits per heavy atom. The van der Waals surface area contributed by atoms with Crippen molar-refractivity contribution >= 4 is 11.8 Å². The maximum absolute atomic E-state index is 8.92. The molecular formula is C20H21NOS. The lowest BCUT2D eigenvalue weighted by molar-refractivity contribution is 0.299. The van der Waals surface area contributed by atoms with Crippen LogP contribution in [0.4, 0.5) is 0 Å². The quantitative estimate of drug-likeness (QED) is 0.854. The molecule has 1 N–H and O–H groups in total. The molecular weight excluding hydrogens is 302 g/mol. The Hall–Kier alpha value is -1.76. The fourth-order valence-electron chi connectivity index (χ4n) is 2.72. The Bertz CT molecular complexity index is 753. The first-order valence-electron chi connectivity index (χ1n) is 7.94. The average Bonchev–Trinajstić information content (AvgIpc) is 2.55. The number of pyridine rings is 1. The number of aliphatic hydroxyl groups excluding tert-OH is 1. The number of benzene rings is 1. The van der Waals surface area contributed by atoms with Gasteiger partial charge < -0.3 is 5.11 Å². The predicted molar refractivity (Wildman–Crippen MR) is 95.8 cm³/mol. The van der Waals surface area contributed by atoms with E-state index in [0.29, 0.717) is 6.42 Å². The summed E-state index contributed by atoms with van der Waals surface area (Å²) in [4.78, 5) is 5.73. The smallest absolute Gasteiger partial charge is 0.113 e. The lowest BCUT2D eigenvalue weighted by atomic mass is 9.81. The SMILES string of the molecule is CC1(C)CCSc2ccc(C#Cc3ccc(CCO)cn3)cc21. The lowest BCUT2D eigenvalue weighted by Crippen LogP contribution is -2.22. The highest BCUT2D eigenvalue weighted by Crippen LogP contribution is 2.41. The van der Waals surface area contributed by atoms with Gasteiger partial charge in [0.1, 0.15) is 5.69 Å². The molecule has 0 saturated heterocycles. The summed E-state index contributed by atoms with van der Waals surface area (Å²) >= 11 is 1.94. The van der Waals surface area contributed by atoms with E-state index in [1.165, 1.54) is 22.6 Å². The van der Waals surface area contributed by atoms with Crippen LogP contribution < -0.4 is 0 Å². The predicted octanol–water partition coefficient (Wildman–Crippen LogP) is 3.79. The molecule has 0 amide bonds. The molecule has 0 fully saturated rings. The summed E-state index contributed by atoms with van der Waals surface area (Å²) in [6, 6.07) is 10.4. The van der Waals surface area contributed by atoms with Crippen molar-refractivity contribution in [3.05, 3.63) is 58.9 Å². The van der Waals surface area contributed by atoms with E-state index in [0.717, 1.165) is 16.8 Å². The molecule has 0 saturated carbocycles. The molecule has 0 bridgehead atoms. The van der Waals surface area contributed by atoms with Crippen molar-refractivity contribution in [2.24, 2.45) is 0 Å². The minimum Gasteiger partial charge on any atom is -0.396 e. The number of rotatable bonds is 2. The van der Waals surface area contributed by atoms with Gasteiger partial charge in [-0.1, -0.05) is 25.8 Å². The Balaban J connectivity index is 1.84. The molecule has 118 valence electrons. The highest BCUT2D eigenvalue weighted by atomic mass is 32.2. The average molecular weight is 323 g/mol. The van der Waals surface area contributed by atoms with Crippen LogP contribution in [0.1, 0.15) is 42.7 Å². The van der Waals surface area contributed by atoms with Gasteiger partial charge in [-0.3, -0.25) is 0 Å². The first kappa shape index (κ1) is 16.1. The molecule has 2 nitrogen and oxygen atoms in total. The van der Waals surface area contributed by atoms with Gasteiger partial charge in [-0.25, -0.2) is 4.98 Å². The van der Waals surface area contributed by atoms with E-state index in [4.69, 9.17) is 5.11 Å². The minimum atomic E-state index is 0.148. The molecule has 2 aromatic rings. The van der Waals surface area contributed by atoms with Crippen LogP contribution in [0.2, 0.25) is 0 Å². The molecule has 1 aliphatic rings. The van der Waals surface area contributed by atoms with Gasteiger partial charge in [0, 0.05) is 23.3 Å². The molecule has 0 atom stereocenters. The largest absolute Gasteiger partial charge is 0.396 e. The van der Waals surface area contributed by atoms with Crippen molar-refractivity contribution in [3.8, 4) is 11.8 Å². The van der Waals surface area contributed by atoms with Crippen molar-refractivity contribution in [3.63, 3.8) is 0 Å². The van der Waals surface area contributed by atoms with Crippen LogP contribution >= 0.6 is 11.8 Å². The second-order valence-corrected chi connectivity index (χ2v) is 7.61. The van der Waals surface area contributed by atoms with E-state index >= 15 is 0 Å². The Morgan fingerprint density at radius 1 is 1.22 bits per heavy atom. The normalized spacial score (nSPS) is 15.4. The van der Waals surface area contributed by atoms with Crippen LogP contribution in [-0.2, 0) is 11.8 Å². The summed E-state index contributed by atoms with van der Waals surface area (Å²) in [6.07, 6.45) is 3.63. The number of hydrogen-bond donors (Lipinski definition) is 1. The zero-order chi connectivity index (χ0) is 16.3. The molecule has 0 radical (unpaired) electrons. The number of fused-ring (bicyclic) bond motifs is 1. The van der Waals surface area contributed by atoms with E-state index < -0.39 is 0 Å². The summed E-state index contributed by atoms with van der Waals surface area (Å²) in [5.41, 5.74) is 4.47. The molecule has 1 aliphatic heterocycles. The molecule has 0 spiro atoms. The van der Waals surface area contributed by atoms with E-state index in [9.17, 15) is 0 Å². The number of hydrogen-bond acceptors (Lipinski definition) is 3. The maximum Gasteiger partial charge on any atom is 0.113 e. The Morgan fingerprint density at radius 3 is 2.83 bits per heavy atom. The molecule has 3 rings (SSSR count). The van der Waals surface area contributed by atoms with E-state index in [2.05, 4.69) is 48.9 Å². The number of nitrogens with zero attached hydrogens (tertiary/aromatic N) is 1. The molecule has 1 aromatic heterocycles. The fraction of sp³-hybridized carbons (Fsp3) is 0.350. The Kier molecular flexibility index (Phi) is 4.75. The summed E-state index contributed by atoms with van der Waals surface area (Å²) in [7, 11) is 0. The zero-order valence-electron chi connectivity index (χ0n) is 13.6. The van der Waals surface area contributed by atoms with Crippen molar-refractivity contribution in [2.75, 3.05) is 12.4 Å². The minimum absolute atomic E-state index is 0.148. The summed E-state index contributed by atoms with van der Waals surface area (Å²) < 4.78 is 0. The highest BCUT2D eigenvalue weighted by molar-refractivity contribution is 7.99. The van der Waals surface area contributed by atoms with Gasteiger partial charge in [0.2, 0.25) is 0 Å². The summed E-state index contributed by atoms with van der Waals surface area (Å²) in [5.74, 6) is 7.55. The van der Waals surface area contributed by atoms with Gasteiger partial charge in [-0.15, -0.1) is 11.8 Å². The third-order valence-corrected chi connectivity index (χ3v) is 5.33. The molecule has 2 heterocycles. The molecule has 23 heavy (non-hydrogen) atoms. The number of aromatic nitrogens is 1. The standard InChI is InChI=1S/C20H21NOS/c1-20(2)10-12-23-19-8-5-15(13-18(19)20)3-6-17-7-4-16(9-11-22)14-21-17/h4-5,7-8,13-14,22H,9-12H2,1-2H3. The fourth-order valence-corrected chi connectivity index (χ4v) is 4.21. The van der Waals surface area contributed by atoms with Gasteiger partial charge >= 0.3 is 0 Å². The van der Waals surface area contributed by atoms with Crippen molar-refractivity contribution in [2.45, 2.75) is 37.0 Å². The number of thioether (sulfide) groups is 1. The zero-order valence-corrected chi connectivity index (χ0v) is 14.4. The van der Waals surface area contributed by atoms with Gasteiger partial charge in [-0.05, 0) is 65.3 Å². The first-order valence-corrected chi connectivity index (χ1v) is 8.92. The second-order valence-electron chi connectivity index (χ2n) is 6.47. The second kappa shape index (κ2) is 6.78. The first-order chi connectivity index (χ1) is 11.1. The Labute approximate surface area is 142 Å². The number of aliphatic hydroxyl groups is 1. The van der Waals surface area contributed by atoms with Crippen LogP contribution in [0.5, 0.6) is 0 Å². The van der Waals surface area contributed by atoms with E-state index in [1.54, 1.807) is 6.20 Å².